The molecule has 126 valence electrons. The van der Waals surface area contributed by atoms with Crippen LogP contribution in [0.25, 0.3) is 0 Å². The Bertz CT molecular complexity index is 544. The van der Waals surface area contributed by atoms with E-state index in [2.05, 4.69) is 10.2 Å². The summed E-state index contributed by atoms with van der Waals surface area (Å²) in [5.41, 5.74) is 0.592. The monoisotopic (exact) mass is 320 g/mol. The molecule has 0 saturated carbocycles. The van der Waals surface area contributed by atoms with Crippen LogP contribution in [0.2, 0.25) is 0 Å². The van der Waals surface area contributed by atoms with Crippen LogP contribution < -0.4 is 10.1 Å². The second kappa shape index (κ2) is 8.08. The second-order valence-electron chi connectivity index (χ2n) is 5.82. The predicted molar refractivity (Wildman–Crippen MR) is 86.8 cm³/mol. The Morgan fingerprint density at radius 2 is 1.87 bits per heavy atom. The van der Waals surface area contributed by atoms with Gasteiger partial charge in [0.2, 0.25) is 5.91 Å². The topological polar surface area (TPSA) is 67.9 Å². The lowest BCUT2D eigenvalue weighted by atomic mass is 10.1. The number of nitrogens with one attached hydrogen (secondary N) is 1. The number of ether oxygens (including phenoxy) is 2. The van der Waals surface area contributed by atoms with Crippen LogP contribution in [0.5, 0.6) is 5.75 Å². The number of methoxy groups -OCH3 is 2. The van der Waals surface area contributed by atoms with Crippen LogP contribution >= 0.6 is 0 Å². The summed E-state index contributed by atoms with van der Waals surface area (Å²) in [6, 6.07) is 6.89. The summed E-state index contributed by atoms with van der Waals surface area (Å²) in [6.07, 6.45) is 0.376. The molecule has 0 aromatic heterocycles. The molecule has 1 saturated heterocycles. The van der Waals surface area contributed by atoms with Crippen molar-refractivity contribution in [2.24, 2.45) is 0 Å². The molecule has 1 aromatic rings. The molecule has 0 bridgehead atoms. The first-order valence-electron chi connectivity index (χ1n) is 7.71. The van der Waals surface area contributed by atoms with Gasteiger partial charge in [-0.2, -0.15) is 0 Å². The molecule has 0 unspecified atom stereocenters. The van der Waals surface area contributed by atoms with E-state index in [-0.39, 0.29) is 36.7 Å². The highest BCUT2D eigenvalue weighted by atomic mass is 16.5. The van der Waals surface area contributed by atoms with Gasteiger partial charge in [0.1, 0.15) is 5.75 Å². The molecule has 1 N–H and O–H groups in total. The lowest BCUT2D eigenvalue weighted by molar-refractivity contribution is -0.122. The van der Waals surface area contributed by atoms with Crippen molar-refractivity contribution in [3.8, 4) is 5.75 Å². The molecule has 1 amide bonds. The fraction of sp³-hybridized carbons (Fsp3) is 0.529. The quantitative estimate of drug-likeness (QED) is 0.762. The van der Waals surface area contributed by atoms with Gasteiger partial charge in [0.25, 0.3) is 0 Å². The van der Waals surface area contributed by atoms with Crippen molar-refractivity contribution in [3.05, 3.63) is 29.8 Å². The summed E-state index contributed by atoms with van der Waals surface area (Å²) in [6.45, 7) is 1.56. The first-order valence-corrected chi connectivity index (χ1v) is 7.71. The van der Waals surface area contributed by atoms with Crippen molar-refractivity contribution < 1.29 is 19.1 Å². The molecule has 1 aliphatic heterocycles. The van der Waals surface area contributed by atoms with Crippen LogP contribution in [-0.4, -0.2) is 63.1 Å². The Morgan fingerprint density at radius 1 is 1.17 bits per heavy atom. The number of Topliss-reactive ketones (excluding diaryl/α,β-unsaturated/α-hetero) is 1. The maximum atomic E-state index is 12.1. The van der Waals surface area contributed by atoms with Gasteiger partial charge in [-0.05, 0) is 31.3 Å². The molecule has 0 radical (unpaired) electrons. The van der Waals surface area contributed by atoms with Crippen molar-refractivity contribution in [2.75, 3.05) is 34.4 Å². The highest BCUT2D eigenvalue weighted by molar-refractivity contribution is 5.98. The third kappa shape index (κ3) is 4.77. The number of carbonyl (C=O) groups is 2. The smallest absolute Gasteiger partial charge is 0.220 e. The molecule has 1 heterocycles. The number of rotatable bonds is 7. The third-order valence-corrected chi connectivity index (χ3v) is 4.09. The van der Waals surface area contributed by atoms with Crippen molar-refractivity contribution in [3.63, 3.8) is 0 Å². The van der Waals surface area contributed by atoms with Gasteiger partial charge in [-0.15, -0.1) is 0 Å². The van der Waals surface area contributed by atoms with Gasteiger partial charge in [-0.1, -0.05) is 0 Å². The van der Waals surface area contributed by atoms with Crippen LogP contribution in [0, 0.1) is 0 Å². The third-order valence-electron chi connectivity index (χ3n) is 4.09. The summed E-state index contributed by atoms with van der Waals surface area (Å²) in [7, 11) is 5.22. The average molecular weight is 320 g/mol. The number of amides is 1. The molecule has 2 atom stereocenters. The van der Waals surface area contributed by atoms with Gasteiger partial charge in [0.15, 0.2) is 5.78 Å². The van der Waals surface area contributed by atoms with Gasteiger partial charge in [0.05, 0.1) is 19.3 Å². The van der Waals surface area contributed by atoms with Crippen LogP contribution in [-0.2, 0) is 9.53 Å². The highest BCUT2D eigenvalue weighted by Gasteiger charge is 2.31. The first-order chi connectivity index (χ1) is 11.0. The molecular weight excluding hydrogens is 296 g/mol. The number of likely N-dealkylation sites (tertiary alicyclic amines) is 1. The van der Waals surface area contributed by atoms with E-state index in [1.54, 1.807) is 38.5 Å². The Kier molecular flexibility index (Phi) is 6.12. The van der Waals surface area contributed by atoms with Crippen LogP contribution in [0.15, 0.2) is 24.3 Å². The number of nitrogens with zero attached hydrogens (tertiary/aromatic N) is 1. The molecule has 6 nitrogen and oxygen atoms in total. The summed E-state index contributed by atoms with van der Waals surface area (Å²) in [5.74, 6) is 0.541. The molecule has 1 aromatic carbocycles. The second-order valence-corrected chi connectivity index (χ2v) is 5.82. The SMILES string of the molecule is COc1ccc(C(=O)CCC(=O)N[C@@H]2CN(C)C[C@H]2OC)cc1. The summed E-state index contributed by atoms with van der Waals surface area (Å²) >= 11 is 0. The van der Waals surface area contributed by atoms with Gasteiger partial charge >= 0.3 is 0 Å². The number of hydrogen-bond acceptors (Lipinski definition) is 5. The Hall–Kier alpha value is -1.92. The summed E-state index contributed by atoms with van der Waals surface area (Å²) in [4.78, 5) is 26.3. The van der Waals surface area contributed by atoms with E-state index >= 15 is 0 Å². The minimum atomic E-state index is -0.116. The maximum Gasteiger partial charge on any atom is 0.220 e. The average Bonchev–Trinajstić information content (AvgIpc) is 2.92. The standard InChI is InChI=1S/C17H24N2O4/c1-19-10-14(16(11-19)23-3)18-17(21)9-8-15(20)12-4-6-13(22-2)7-5-12/h4-7,14,16H,8-11H2,1-3H3,(H,18,21)/t14-,16-/m1/s1. The minimum absolute atomic E-state index is 0.00115. The van der Waals surface area contributed by atoms with Crippen molar-refractivity contribution in [1.82, 2.24) is 10.2 Å². The number of carbonyl (C=O) groups excluding carboxylic acids is 2. The zero-order valence-electron chi connectivity index (χ0n) is 13.9. The zero-order valence-corrected chi connectivity index (χ0v) is 13.9. The molecule has 1 fully saturated rings. The summed E-state index contributed by atoms with van der Waals surface area (Å²) in [5, 5.41) is 2.96. The van der Waals surface area contributed by atoms with E-state index in [4.69, 9.17) is 9.47 Å². The minimum Gasteiger partial charge on any atom is -0.497 e. The van der Waals surface area contributed by atoms with Crippen molar-refractivity contribution >= 4 is 11.7 Å². The Morgan fingerprint density at radius 3 is 2.48 bits per heavy atom. The van der Waals surface area contributed by atoms with E-state index in [0.717, 1.165) is 13.1 Å². The van der Waals surface area contributed by atoms with Gasteiger partial charge < -0.3 is 19.7 Å². The van der Waals surface area contributed by atoms with Crippen molar-refractivity contribution in [2.45, 2.75) is 25.0 Å². The maximum absolute atomic E-state index is 12.1. The van der Waals surface area contributed by atoms with E-state index in [1.165, 1.54) is 0 Å². The molecule has 0 aliphatic carbocycles. The molecule has 1 aliphatic rings. The fourth-order valence-corrected chi connectivity index (χ4v) is 2.77. The van der Waals surface area contributed by atoms with E-state index in [0.29, 0.717) is 11.3 Å². The van der Waals surface area contributed by atoms with Gasteiger partial charge in [-0.25, -0.2) is 0 Å². The Balaban J connectivity index is 1.80. The summed E-state index contributed by atoms with van der Waals surface area (Å²) < 4.78 is 10.4. The lowest BCUT2D eigenvalue weighted by Gasteiger charge is -2.18. The van der Waals surface area contributed by atoms with Crippen LogP contribution in [0.4, 0.5) is 0 Å². The van der Waals surface area contributed by atoms with Crippen molar-refractivity contribution in [1.29, 1.82) is 0 Å². The first kappa shape index (κ1) is 17.4. The highest BCUT2D eigenvalue weighted by Crippen LogP contribution is 2.14. The molecule has 0 spiro atoms. The lowest BCUT2D eigenvalue weighted by Crippen LogP contribution is -2.43. The molecule has 6 heteroatoms. The largest absolute Gasteiger partial charge is 0.497 e. The molecular formula is C17H24N2O4. The predicted octanol–water partition coefficient (Wildman–Crippen LogP) is 1.10. The van der Waals surface area contributed by atoms with E-state index in [9.17, 15) is 9.59 Å². The zero-order chi connectivity index (χ0) is 16.8. The number of likely N-dealkylation sites (N-methyl/N-ethyl adjacent to an activating group) is 1. The number of benzene rings is 1. The van der Waals surface area contributed by atoms with Crippen LogP contribution in [0.3, 0.4) is 0 Å². The van der Waals surface area contributed by atoms with E-state index in [1.807, 2.05) is 7.05 Å². The normalized spacial score (nSPS) is 21.2. The van der Waals surface area contributed by atoms with Crippen LogP contribution in [0.1, 0.15) is 23.2 Å². The number of ketones is 1. The van der Waals surface area contributed by atoms with Gasteiger partial charge in [0, 0.05) is 38.6 Å². The molecule has 23 heavy (non-hydrogen) atoms. The molecule has 2 rings (SSSR count). The van der Waals surface area contributed by atoms with E-state index < -0.39 is 0 Å². The number of hydrogen-bond donors (Lipinski definition) is 1. The fourth-order valence-electron chi connectivity index (χ4n) is 2.77. The van der Waals surface area contributed by atoms with Gasteiger partial charge in [-0.3, -0.25) is 9.59 Å². The Labute approximate surface area is 136 Å².